The van der Waals surface area contributed by atoms with Gasteiger partial charge in [-0.15, -0.1) is 0 Å². The Morgan fingerprint density at radius 3 is 2.23 bits per heavy atom. The summed E-state index contributed by atoms with van der Waals surface area (Å²) in [7, 11) is 2.01. The van der Waals surface area contributed by atoms with Crippen molar-refractivity contribution < 1.29 is 10.2 Å². The zero-order chi connectivity index (χ0) is 10.5. The molecular weight excluding hydrogens is 166 g/mol. The third-order valence-corrected chi connectivity index (χ3v) is 2.03. The van der Waals surface area contributed by atoms with Gasteiger partial charge < -0.3 is 15.1 Å². The summed E-state index contributed by atoms with van der Waals surface area (Å²) >= 11 is 0. The minimum Gasteiger partial charge on any atom is -0.393 e. The lowest BCUT2D eigenvalue weighted by Crippen LogP contribution is -2.30. The smallest absolute Gasteiger partial charge is 0.0603 e. The second kappa shape index (κ2) is 5.58. The topological polar surface area (TPSA) is 43.7 Å². The molecule has 0 aliphatic carbocycles. The molecule has 0 saturated heterocycles. The molecule has 1 atom stereocenters. The Labute approximate surface area is 81.4 Å². The maximum atomic E-state index is 9.47. The van der Waals surface area contributed by atoms with Crippen LogP contribution in [-0.2, 0) is 0 Å². The molecule has 0 heterocycles. The summed E-state index contributed by atoms with van der Waals surface area (Å²) in [5, 5.41) is 18.5. The van der Waals surface area contributed by atoms with Crippen molar-refractivity contribution in [1.82, 2.24) is 4.90 Å². The van der Waals surface area contributed by atoms with Crippen LogP contribution in [-0.4, -0.2) is 47.0 Å². The molecule has 0 spiro atoms. The van der Waals surface area contributed by atoms with E-state index in [1.807, 2.05) is 20.9 Å². The molecule has 0 radical (unpaired) electrons. The number of aliphatic hydroxyl groups is 2. The van der Waals surface area contributed by atoms with Gasteiger partial charge in [0.05, 0.1) is 11.7 Å². The minimum atomic E-state index is -0.584. The molecule has 2 N–H and O–H groups in total. The van der Waals surface area contributed by atoms with Crippen LogP contribution in [0.4, 0.5) is 0 Å². The summed E-state index contributed by atoms with van der Waals surface area (Å²) in [4.78, 5) is 2.13. The lowest BCUT2D eigenvalue weighted by Gasteiger charge is -2.22. The minimum absolute atomic E-state index is 0.232. The average molecular weight is 189 g/mol. The highest BCUT2D eigenvalue weighted by molar-refractivity contribution is 4.67. The number of aliphatic hydroxyl groups excluding tert-OH is 1. The van der Waals surface area contributed by atoms with Gasteiger partial charge in [-0.05, 0) is 40.7 Å². The third kappa shape index (κ3) is 9.80. The summed E-state index contributed by atoms with van der Waals surface area (Å²) < 4.78 is 0. The van der Waals surface area contributed by atoms with E-state index < -0.39 is 5.60 Å². The fourth-order valence-electron chi connectivity index (χ4n) is 0.983. The maximum Gasteiger partial charge on any atom is 0.0603 e. The summed E-state index contributed by atoms with van der Waals surface area (Å²) in [5.41, 5.74) is -0.584. The second-order valence-electron chi connectivity index (χ2n) is 4.50. The Morgan fingerprint density at radius 1 is 1.31 bits per heavy atom. The molecule has 0 amide bonds. The van der Waals surface area contributed by atoms with Gasteiger partial charge in [-0.25, -0.2) is 0 Å². The fourth-order valence-corrected chi connectivity index (χ4v) is 0.983. The van der Waals surface area contributed by atoms with Gasteiger partial charge in [0.1, 0.15) is 0 Å². The van der Waals surface area contributed by atoms with E-state index in [9.17, 15) is 5.11 Å². The maximum absolute atomic E-state index is 9.47. The van der Waals surface area contributed by atoms with Crippen molar-refractivity contribution in [3.8, 4) is 0 Å². The van der Waals surface area contributed by atoms with Crippen molar-refractivity contribution >= 4 is 0 Å². The Hall–Kier alpha value is -0.120. The molecule has 0 aromatic carbocycles. The van der Waals surface area contributed by atoms with Gasteiger partial charge in [-0.1, -0.05) is 0 Å². The molecule has 0 aromatic heterocycles. The van der Waals surface area contributed by atoms with Gasteiger partial charge in [-0.2, -0.15) is 0 Å². The van der Waals surface area contributed by atoms with E-state index in [0.29, 0.717) is 0 Å². The van der Waals surface area contributed by atoms with E-state index in [0.717, 1.165) is 25.9 Å². The van der Waals surface area contributed by atoms with E-state index in [2.05, 4.69) is 4.90 Å². The summed E-state index contributed by atoms with van der Waals surface area (Å²) in [6.07, 6.45) is 1.33. The first-order valence-electron chi connectivity index (χ1n) is 4.90. The molecule has 80 valence electrons. The zero-order valence-corrected chi connectivity index (χ0v) is 9.25. The lowest BCUT2D eigenvalue weighted by atomic mass is 10.1. The molecule has 0 saturated carbocycles. The van der Waals surface area contributed by atoms with Crippen LogP contribution in [0, 0.1) is 0 Å². The van der Waals surface area contributed by atoms with Gasteiger partial charge >= 0.3 is 0 Å². The quantitative estimate of drug-likeness (QED) is 0.651. The Bertz CT molecular complexity index is 129. The number of rotatable bonds is 6. The van der Waals surface area contributed by atoms with Crippen molar-refractivity contribution in [2.75, 3.05) is 20.1 Å². The first-order chi connectivity index (χ1) is 5.81. The van der Waals surface area contributed by atoms with Crippen molar-refractivity contribution in [2.45, 2.75) is 45.3 Å². The highest BCUT2D eigenvalue weighted by atomic mass is 16.3. The largest absolute Gasteiger partial charge is 0.393 e. The highest BCUT2D eigenvalue weighted by Gasteiger charge is 2.13. The molecule has 0 aliphatic heterocycles. The second-order valence-corrected chi connectivity index (χ2v) is 4.50. The molecule has 0 rings (SSSR count). The predicted octanol–water partition coefficient (Wildman–Crippen LogP) is 0.850. The Kier molecular flexibility index (Phi) is 5.53. The van der Waals surface area contributed by atoms with E-state index in [1.54, 1.807) is 6.92 Å². The summed E-state index contributed by atoms with van der Waals surface area (Å²) in [5.74, 6) is 0. The first kappa shape index (κ1) is 12.9. The van der Waals surface area contributed by atoms with E-state index in [-0.39, 0.29) is 6.10 Å². The van der Waals surface area contributed by atoms with Gasteiger partial charge in [0.2, 0.25) is 0 Å². The van der Waals surface area contributed by atoms with Crippen molar-refractivity contribution in [3.63, 3.8) is 0 Å². The number of hydrogen-bond donors (Lipinski definition) is 2. The Balaban J connectivity index is 3.46. The van der Waals surface area contributed by atoms with Crippen LogP contribution in [0.15, 0.2) is 0 Å². The molecule has 3 nitrogen and oxygen atoms in total. The summed E-state index contributed by atoms with van der Waals surface area (Å²) in [6, 6.07) is 0. The monoisotopic (exact) mass is 189 g/mol. The average Bonchev–Trinajstić information content (AvgIpc) is 1.95. The van der Waals surface area contributed by atoms with Gasteiger partial charge in [0, 0.05) is 13.1 Å². The van der Waals surface area contributed by atoms with Crippen LogP contribution in [0.3, 0.4) is 0 Å². The van der Waals surface area contributed by atoms with Crippen molar-refractivity contribution in [1.29, 1.82) is 0 Å². The molecule has 0 unspecified atom stereocenters. The van der Waals surface area contributed by atoms with Gasteiger partial charge in [0.25, 0.3) is 0 Å². The van der Waals surface area contributed by atoms with E-state index >= 15 is 0 Å². The zero-order valence-electron chi connectivity index (χ0n) is 9.25. The van der Waals surface area contributed by atoms with Crippen LogP contribution in [0.1, 0.15) is 33.6 Å². The molecular formula is C10H23NO2. The van der Waals surface area contributed by atoms with Gasteiger partial charge in [-0.3, -0.25) is 0 Å². The Morgan fingerprint density at radius 2 is 1.85 bits per heavy atom. The van der Waals surface area contributed by atoms with Crippen LogP contribution < -0.4 is 0 Å². The standard InChI is InChI=1S/C10H23NO2/c1-9(12)5-7-11(4)8-6-10(2,3)13/h9,12-13H,5-8H2,1-4H3/t9-/m0/s1. The first-order valence-corrected chi connectivity index (χ1v) is 4.90. The molecule has 0 bridgehead atoms. The van der Waals surface area contributed by atoms with Crippen molar-refractivity contribution in [3.05, 3.63) is 0 Å². The van der Waals surface area contributed by atoms with Crippen LogP contribution in [0.5, 0.6) is 0 Å². The third-order valence-electron chi connectivity index (χ3n) is 2.03. The van der Waals surface area contributed by atoms with E-state index in [1.165, 1.54) is 0 Å². The fraction of sp³-hybridized carbons (Fsp3) is 1.00. The number of hydrogen-bond acceptors (Lipinski definition) is 3. The van der Waals surface area contributed by atoms with Crippen LogP contribution in [0.25, 0.3) is 0 Å². The predicted molar refractivity (Wildman–Crippen MR) is 54.7 cm³/mol. The lowest BCUT2D eigenvalue weighted by molar-refractivity contribution is 0.0590. The molecule has 0 aromatic rings. The van der Waals surface area contributed by atoms with E-state index in [4.69, 9.17) is 5.11 Å². The normalized spacial score (nSPS) is 15.0. The molecule has 0 aliphatic rings. The molecule has 13 heavy (non-hydrogen) atoms. The van der Waals surface area contributed by atoms with Crippen molar-refractivity contribution in [2.24, 2.45) is 0 Å². The highest BCUT2D eigenvalue weighted by Crippen LogP contribution is 2.07. The van der Waals surface area contributed by atoms with Crippen LogP contribution in [0.2, 0.25) is 0 Å². The van der Waals surface area contributed by atoms with Crippen LogP contribution >= 0.6 is 0 Å². The SMILES string of the molecule is C[C@H](O)CCN(C)CCC(C)(C)O. The molecule has 0 fully saturated rings. The van der Waals surface area contributed by atoms with Gasteiger partial charge in [0.15, 0.2) is 0 Å². The molecule has 3 heteroatoms. The summed E-state index contributed by atoms with van der Waals surface area (Å²) in [6.45, 7) is 7.18. The number of nitrogens with zero attached hydrogens (tertiary/aromatic N) is 1.